The number of non-ortho nitro benzene ring substituents is 1. The molecule has 15 heavy (non-hydrogen) atoms. The van der Waals surface area contributed by atoms with Crippen molar-refractivity contribution < 1.29 is 9.72 Å². The molecule has 4 nitrogen and oxygen atoms in total. The number of nitrogens with zero attached hydrogens (tertiary/aromatic N) is 1. The Balaban J connectivity index is 2.44. The second-order valence-corrected chi connectivity index (χ2v) is 4.50. The van der Waals surface area contributed by atoms with Crippen molar-refractivity contribution in [1.82, 2.24) is 0 Å². The van der Waals surface area contributed by atoms with E-state index < -0.39 is 4.92 Å². The van der Waals surface area contributed by atoms with E-state index in [1.807, 2.05) is 0 Å². The van der Waals surface area contributed by atoms with E-state index in [1.54, 1.807) is 23.9 Å². The van der Waals surface area contributed by atoms with Crippen molar-refractivity contribution in [3.63, 3.8) is 0 Å². The standard InChI is InChI=1S/C10H9NO3S/c12-6-7-3-4-15-10-5-8(11(13)14)1-2-9(7)10/h1-2,5-7H,3-4H2. The van der Waals surface area contributed by atoms with Crippen molar-refractivity contribution >= 4 is 23.7 Å². The monoisotopic (exact) mass is 223 g/mol. The van der Waals surface area contributed by atoms with Crippen LogP contribution < -0.4 is 0 Å². The van der Waals surface area contributed by atoms with Gasteiger partial charge in [-0.2, -0.15) is 0 Å². The number of fused-ring (bicyclic) bond motifs is 1. The van der Waals surface area contributed by atoms with Crippen LogP contribution >= 0.6 is 11.8 Å². The van der Waals surface area contributed by atoms with Crippen LogP contribution in [0.3, 0.4) is 0 Å². The predicted molar refractivity (Wildman–Crippen MR) is 57.2 cm³/mol. The molecule has 1 aromatic rings. The lowest BCUT2D eigenvalue weighted by Gasteiger charge is -2.19. The Labute approximate surface area is 90.8 Å². The van der Waals surface area contributed by atoms with Gasteiger partial charge in [0.05, 0.1) is 4.92 Å². The fourth-order valence-corrected chi connectivity index (χ4v) is 2.84. The van der Waals surface area contributed by atoms with Gasteiger partial charge in [0.2, 0.25) is 0 Å². The zero-order valence-electron chi connectivity index (χ0n) is 7.88. The lowest BCUT2D eigenvalue weighted by atomic mass is 9.97. The molecule has 0 aliphatic carbocycles. The number of hydrogen-bond donors (Lipinski definition) is 0. The molecule has 1 aromatic carbocycles. The largest absolute Gasteiger partial charge is 0.303 e. The number of benzene rings is 1. The van der Waals surface area contributed by atoms with Gasteiger partial charge in [-0.1, -0.05) is 6.07 Å². The van der Waals surface area contributed by atoms with Gasteiger partial charge in [-0.3, -0.25) is 10.1 Å². The molecule has 2 rings (SSSR count). The summed E-state index contributed by atoms with van der Waals surface area (Å²) in [5, 5.41) is 10.6. The van der Waals surface area contributed by atoms with Gasteiger partial charge in [-0.15, -0.1) is 11.8 Å². The number of rotatable bonds is 2. The summed E-state index contributed by atoms with van der Waals surface area (Å²) in [6, 6.07) is 4.70. The van der Waals surface area contributed by atoms with E-state index in [1.165, 1.54) is 6.07 Å². The highest BCUT2D eigenvalue weighted by Gasteiger charge is 2.22. The van der Waals surface area contributed by atoms with Gasteiger partial charge in [0.25, 0.3) is 5.69 Å². The Morgan fingerprint density at radius 3 is 3.00 bits per heavy atom. The second-order valence-electron chi connectivity index (χ2n) is 3.36. The minimum absolute atomic E-state index is 0.0906. The van der Waals surface area contributed by atoms with E-state index in [2.05, 4.69) is 0 Å². The quantitative estimate of drug-likeness (QED) is 0.438. The van der Waals surface area contributed by atoms with E-state index in [0.29, 0.717) is 0 Å². The molecule has 0 radical (unpaired) electrons. The van der Waals surface area contributed by atoms with E-state index in [0.717, 1.165) is 28.9 Å². The first-order chi connectivity index (χ1) is 7.22. The number of thioether (sulfide) groups is 1. The molecule has 0 saturated carbocycles. The maximum Gasteiger partial charge on any atom is 0.270 e. The smallest absolute Gasteiger partial charge is 0.270 e. The van der Waals surface area contributed by atoms with Crippen LogP contribution in [0.1, 0.15) is 17.9 Å². The Morgan fingerprint density at radius 1 is 1.53 bits per heavy atom. The minimum Gasteiger partial charge on any atom is -0.303 e. The molecule has 1 unspecified atom stereocenters. The number of carbonyl (C=O) groups excluding carboxylic acids is 1. The number of hydrogen-bond acceptors (Lipinski definition) is 4. The topological polar surface area (TPSA) is 60.2 Å². The van der Waals surface area contributed by atoms with Crippen LogP contribution in [0, 0.1) is 10.1 Å². The van der Waals surface area contributed by atoms with E-state index >= 15 is 0 Å². The zero-order valence-corrected chi connectivity index (χ0v) is 8.70. The highest BCUT2D eigenvalue weighted by molar-refractivity contribution is 7.99. The third-order valence-corrected chi connectivity index (χ3v) is 3.56. The molecular formula is C10H9NO3S. The Kier molecular flexibility index (Phi) is 2.73. The molecule has 1 aliphatic rings. The fourth-order valence-electron chi connectivity index (χ4n) is 1.66. The molecule has 0 fully saturated rings. The van der Waals surface area contributed by atoms with E-state index in [9.17, 15) is 14.9 Å². The Hall–Kier alpha value is -1.36. The number of nitro benzene ring substituents is 1. The average Bonchev–Trinajstić information content (AvgIpc) is 2.27. The molecule has 0 amide bonds. The number of nitro groups is 1. The first-order valence-corrected chi connectivity index (χ1v) is 5.57. The van der Waals surface area contributed by atoms with Crippen LogP contribution in [0.15, 0.2) is 23.1 Å². The molecule has 1 aliphatic heterocycles. The summed E-state index contributed by atoms with van der Waals surface area (Å²) in [6.45, 7) is 0. The van der Waals surface area contributed by atoms with Crippen LogP contribution in [-0.2, 0) is 4.79 Å². The molecule has 0 bridgehead atoms. The van der Waals surface area contributed by atoms with Gasteiger partial charge < -0.3 is 4.79 Å². The lowest BCUT2D eigenvalue weighted by molar-refractivity contribution is -0.385. The summed E-state index contributed by atoms with van der Waals surface area (Å²) in [5.41, 5.74) is 1.01. The highest BCUT2D eigenvalue weighted by atomic mass is 32.2. The zero-order chi connectivity index (χ0) is 10.8. The summed E-state index contributed by atoms with van der Waals surface area (Å²) >= 11 is 1.58. The van der Waals surface area contributed by atoms with Crippen LogP contribution in [-0.4, -0.2) is 17.0 Å². The lowest BCUT2D eigenvalue weighted by Crippen LogP contribution is -2.08. The minimum atomic E-state index is -0.411. The van der Waals surface area contributed by atoms with Gasteiger partial charge in [-0.05, 0) is 17.7 Å². The van der Waals surface area contributed by atoms with Gasteiger partial charge in [0.1, 0.15) is 6.29 Å². The van der Waals surface area contributed by atoms with Crippen molar-refractivity contribution in [2.45, 2.75) is 17.2 Å². The second kappa shape index (κ2) is 4.02. The maximum atomic E-state index is 10.8. The van der Waals surface area contributed by atoms with Crippen LogP contribution in [0.25, 0.3) is 0 Å². The summed E-state index contributed by atoms with van der Waals surface area (Å²) in [6.07, 6.45) is 1.74. The summed E-state index contributed by atoms with van der Waals surface area (Å²) < 4.78 is 0. The first kappa shape index (κ1) is 10.2. The SMILES string of the molecule is O=CC1CCSc2cc([N+](=O)[O-])ccc21. The van der Waals surface area contributed by atoms with Gasteiger partial charge >= 0.3 is 0 Å². The maximum absolute atomic E-state index is 10.8. The van der Waals surface area contributed by atoms with E-state index in [-0.39, 0.29) is 11.6 Å². The van der Waals surface area contributed by atoms with E-state index in [4.69, 9.17) is 0 Å². The van der Waals surface area contributed by atoms with Gasteiger partial charge in [-0.25, -0.2) is 0 Å². The van der Waals surface area contributed by atoms with Crippen molar-refractivity contribution in [2.75, 3.05) is 5.75 Å². The first-order valence-electron chi connectivity index (χ1n) is 4.59. The molecule has 0 spiro atoms. The third kappa shape index (κ3) is 1.87. The third-order valence-electron chi connectivity index (χ3n) is 2.46. The Bertz CT molecular complexity index is 419. The number of carbonyl (C=O) groups is 1. The van der Waals surface area contributed by atoms with Crippen molar-refractivity contribution in [3.05, 3.63) is 33.9 Å². The Morgan fingerprint density at radius 2 is 2.33 bits per heavy atom. The molecule has 0 saturated heterocycles. The summed E-state index contributed by atoms with van der Waals surface area (Å²) in [4.78, 5) is 21.8. The normalized spacial score (nSPS) is 19.3. The van der Waals surface area contributed by atoms with Crippen molar-refractivity contribution in [1.29, 1.82) is 0 Å². The van der Waals surface area contributed by atoms with Crippen molar-refractivity contribution in [3.8, 4) is 0 Å². The highest BCUT2D eigenvalue weighted by Crippen LogP contribution is 2.38. The molecular weight excluding hydrogens is 214 g/mol. The summed E-state index contributed by atoms with van der Waals surface area (Å²) in [7, 11) is 0. The van der Waals surface area contributed by atoms with Crippen molar-refractivity contribution in [2.24, 2.45) is 0 Å². The van der Waals surface area contributed by atoms with Gasteiger partial charge in [0, 0.05) is 22.9 Å². The van der Waals surface area contributed by atoms with Crippen LogP contribution in [0.5, 0.6) is 0 Å². The van der Waals surface area contributed by atoms with Gasteiger partial charge in [0.15, 0.2) is 0 Å². The molecule has 78 valence electrons. The molecule has 1 atom stereocenters. The van der Waals surface area contributed by atoms with Crippen LogP contribution in [0.2, 0.25) is 0 Å². The summed E-state index contributed by atoms with van der Waals surface area (Å²) in [5.74, 6) is 0.749. The predicted octanol–water partition coefficient (Wildman–Crippen LogP) is 2.37. The number of aldehydes is 1. The fraction of sp³-hybridized carbons (Fsp3) is 0.300. The molecule has 1 heterocycles. The molecule has 0 N–H and O–H groups in total. The van der Waals surface area contributed by atoms with Crippen LogP contribution in [0.4, 0.5) is 5.69 Å². The molecule has 0 aromatic heterocycles. The average molecular weight is 223 g/mol. The molecule has 5 heteroatoms.